The number of hydrogen-bond donors (Lipinski definition) is 2. The van der Waals surface area contributed by atoms with Crippen LogP contribution < -0.4 is 15.5 Å². The summed E-state index contributed by atoms with van der Waals surface area (Å²) < 4.78 is 0. The normalized spacial score (nSPS) is 13.5. The van der Waals surface area contributed by atoms with Crippen LogP contribution in [0.4, 0.5) is 17.1 Å². The Labute approximate surface area is 191 Å². The first-order valence-electron chi connectivity index (χ1n) is 10.5. The fourth-order valence-corrected chi connectivity index (χ4v) is 3.63. The number of nitrogens with one attached hydrogen (secondary N) is 2. The maximum absolute atomic E-state index is 12.4. The first-order chi connectivity index (χ1) is 15.4. The van der Waals surface area contributed by atoms with Gasteiger partial charge in [0.25, 0.3) is 5.69 Å². The molecule has 2 N–H and O–H groups in total. The van der Waals surface area contributed by atoms with E-state index in [0.717, 1.165) is 11.4 Å². The molecule has 1 aliphatic rings. The van der Waals surface area contributed by atoms with Crippen LogP contribution in [0.3, 0.4) is 0 Å². The Morgan fingerprint density at radius 1 is 1.06 bits per heavy atom. The lowest BCUT2D eigenvalue weighted by atomic mass is 10.2. The third-order valence-electron chi connectivity index (χ3n) is 5.23. The molecule has 0 aliphatic carbocycles. The molecule has 2 aromatic carbocycles. The Bertz CT molecular complexity index is 946. The summed E-state index contributed by atoms with van der Waals surface area (Å²) in [5, 5.41) is 17.1. The van der Waals surface area contributed by atoms with E-state index in [1.54, 1.807) is 17.0 Å². The van der Waals surface area contributed by atoms with Crippen LogP contribution in [0.25, 0.3) is 0 Å². The second kappa shape index (κ2) is 11.3. The molecule has 0 bridgehead atoms. The molecule has 0 spiro atoms. The van der Waals surface area contributed by atoms with Crippen LogP contribution in [-0.2, 0) is 9.59 Å². The molecule has 1 fully saturated rings. The maximum Gasteiger partial charge on any atom is 0.269 e. The van der Waals surface area contributed by atoms with Gasteiger partial charge in [-0.2, -0.15) is 0 Å². The Hall–Kier alpha value is -3.33. The first kappa shape index (κ1) is 23.3. The number of piperazine rings is 1. The van der Waals surface area contributed by atoms with Gasteiger partial charge >= 0.3 is 0 Å². The average molecular weight is 460 g/mol. The summed E-state index contributed by atoms with van der Waals surface area (Å²) in [7, 11) is 0. The van der Waals surface area contributed by atoms with Gasteiger partial charge in [-0.1, -0.05) is 17.7 Å². The van der Waals surface area contributed by atoms with Crippen LogP contribution in [0, 0.1) is 10.1 Å². The molecule has 0 radical (unpaired) electrons. The van der Waals surface area contributed by atoms with E-state index in [-0.39, 0.29) is 30.5 Å². The fraction of sp³-hybridized carbons (Fsp3) is 0.364. The highest BCUT2D eigenvalue weighted by Crippen LogP contribution is 2.20. The highest BCUT2D eigenvalue weighted by Gasteiger charge is 2.21. The zero-order chi connectivity index (χ0) is 22.9. The number of nitro benzene ring substituents is 1. The van der Waals surface area contributed by atoms with E-state index < -0.39 is 4.92 Å². The molecule has 10 heteroatoms. The van der Waals surface area contributed by atoms with Gasteiger partial charge in [0.1, 0.15) is 0 Å². The Morgan fingerprint density at radius 3 is 2.44 bits per heavy atom. The third kappa shape index (κ3) is 6.84. The molecular weight excluding hydrogens is 434 g/mol. The number of amides is 2. The Kier molecular flexibility index (Phi) is 8.27. The van der Waals surface area contributed by atoms with Crippen LogP contribution in [0.1, 0.15) is 12.8 Å². The van der Waals surface area contributed by atoms with E-state index in [1.165, 1.54) is 12.1 Å². The molecule has 0 saturated carbocycles. The number of rotatable bonds is 9. The smallest absolute Gasteiger partial charge is 0.269 e. The second-order valence-electron chi connectivity index (χ2n) is 7.46. The van der Waals surface area contributed by atoms with Gasteiger partial charge < -0.3 is 20.4 Å². The zero-order valence-corrected chi connectivity index (χ0v) is 18.4. The summed E-state index contributed by atoms with van der Waals surface area (Å²) in [5.74, 6) is -0.269. The van der Waals surface area contributed by atoms with Gasteiger partial charge in [0.2, 0.25) is 11.8 Å². The number of benzene rings is 2. The lowest BCUT2D eigenvalue weighted by Gasteiger charge is -2.36. The minimum absolute atomic E-state index is 0.00816. The molecule has 1 heterocycles. The summed E-state index contributed by atoms with van der Waals surface area (Å²) in [6.45, 7) is 3.17. The lowest BCUT2D eigenvalue weighted by molar-refractivity contribution is -0.384. The standard InChI is InChI=1S/C22H26ClN5O4/c23-17-3-1-4-20(15-17)26-11-13-27(14-12-26)22(30)16-25-21(29)5-2-10-24-18-6-8-19(9-7-18)28(31)32/h1,3-4,6-9,15,24H,2,5,10-14,16H2,(H,25,29). The van der Waals surface area contributed by atoms with Crippen LogP contribution in [0.15, 0.2) is 48.5 Å². The van der Waals surface area contributed by atoms with Gasteiger partial charge in [0, 0.05) is 67.7 Å². The number of non-ortho nitro benzene ring substituents is 1. The highest BCUT2D eigenvalue weighted by molar-refractivity contribution is 6.30. The molecule has 0 atom stereocenters. The predicted octanol–water partition coefficient (Wildman–Crippen LogP) is 2.91. The summed E-state index contributed by atoms with van der Waals surface area (Å²) in [6, 6.07) is 13.8. The van der Waals surface area contributed by atoms with E-state index >= 15 is 0 Å². The maximum atomic E-state index is 12.4. The number of halogens is 1. The lowest BCUT2D eigenvalue weighted by Crippen LogP contribution is -2.51. The van der Waals surface area contributed by atoms with Crippen LogP contribution in [-0.4, -0.2) is 60.9 Å². The van der Waals surface area contributed by atoms with Gasteiger partial charge in [-0.3, -0.25) is 19.7 Å². The minimum Gasteiger partial charge on any atom is -0.385 e. The summed E-state index contributed by atoms with van der Waals surface area (Å²) in [4.78, 5) is 38.6. The van der Waals surface area contributed by atoms with Gasteiger partial charge in [-0.25, -0.2) is 0 Å². The molecule has 0 unspecified atom stereocenters. The van der Waals surface area contributed by atoms with Crippen LogP contribution >= 0.6 is 11.6 Å². The molecule has 1 aliphatic heterocycles. The molecule has 2 amide bonds. The number of carbonyl (C=O) groups excluding carboxylic acids is 2. The summed E-state index contributed by atoms with van der Waals surface area (Å²) in [6.07, 6.45) is 0.866. The highest BCUT2D eigenvalue weighted by atomic mass is 35.5. The van der Waals surface area contributed by atoms with E-state index in [9.17, 15) is 19.7 Å². The van der Waals surface area contributed by atoms with Crippen molar-refractivity contribution in [2.45, 2.75) is 12.8 Å². The van der Waals surface area contributed by atoms with Crippen LogP contribution in [0.5, 0.6) is 0 Å². The quantitative estimate of drug-likeness (QED) is 0.339. The van der Waals surface area contributed by atoms with E-state index in [2.05, 4.69) is 15.5 Å². The Morgan fingerprint density at radius 2 is 1.78 bits per heavy atom. The number of anilines is 2. The largest absolute Gasteiger partial charge is 0.385 e. The Balaban J connectivity index is 1.30. The van der Waals surface area contributed by atoms with Crippen molar-refractivity contribution in [1.29, 1.82) is 0 Å². The van der Waals surface area contributed by atoms with E-state index in [1.807, 2.05) is 24.3 Å². The van der Waals surface area contributed by atoms with Crippen molar-refractivity contribution in [1.82, 2.24) is 10.2 Å². The van der Waals surface area contributed by atoms with Crippen molar-refractivity contribution in [2.75, 3.05) is 49.5 Å². The molecule has 2 aromatic rings. The van der Waals surface area contributed by atoms with Gasteiger partial charge in [-0.05, 0) is 36.8 Å². The van der Waals surface area contributed by atoms with Gasteiger partial charge in [0.15, 0.2) is 0 Å². The molecule has 9 nitrogen and oxygen atoms in total. The number of hydrogen-bond acceptors (Lipinski definition) is 6. The van der Waals surface area contributed by atoms with Crippen molar-refractivity contribution in [3.8, 4) is 0 Å². The van der Waals surface area contributed by atoms with Crippen molar-refractivity contribution >= 4 is 40.5 Å². The van der Waals surface area contributed by atoms with Crippen molar-refractivity contribution in [2.24, 2.45) is 0 Å². The molecule has 3 rings (SSSR count). The summed E-state index contributed by atoms with van der Waals surface area (Å²) in [5.41, 5.74) is 1.83. The van der Waals surface area contributed by atoms with Crippen molar-refractivity contribution in [3.05, 3.63) is 63.7 Å². The third-order valence-corrected chi connectivity index (χ3v) is 5.47. The van der Waals surface area contributed by atoms with Gasteiger partial charge in [-0.15, -0.1) is 0 Å². The van der Waals surface area contributed by atoms with Crippen molar-refractivity contribution in [3.63, 3.8) is 0 Å². The number of nitrogens with zero attached hydrogens (tertiary/aromatic N) is 3. The molecule has 32 heavy (non-hydrogen) atoms. The minimum atomic E-state index is -0.450. The summed E-state index contributed by atoms with van der Waals surface area (Å²) >= 11 is 6.05. The average Bonchev–Trinajstić information content (AvgIpc) is 2.80. The molecule has 1 saturated heterocycles. The number of carbonyl (C=O) groups is 2. The van der Waals surface area contributed by atoms with Crippen LogP contribution in [0.2, 0.25) is 5.02 Å². The van der Waals surface area contributed by atoms with Crippen molar-refractivity contribution < 1.29 is 14.5 Å². The fourth-order valence-electron chi connectivity index (χ4n) is 3.44. The van der Waals surface area contributed by atoms with E-state index in [0.29, 0.717) is 44.2 Å². The first-order valence-corrected chi connectivity index (χ1v) is 10.8. The molecule has 170 valence electrons. The molecular formula is C22H26ClN5O4. The zero-order valence-electron chi connectivity index (χ0n) is 17.6. The van der Waals surface area contributed by atoms with E-state index in [4.69, 9.17) is 11.6 Å². The topological polar surface area (TPSA) is 108 Å². The SMILES string of the molecule is O=C(CCCNc1ccc([N+](=O)[O-])cc1)NCC(=O)N1CCN(c2cccc(Cl)c2)CC1. The molecule has 0 aromatic heterocycles. The predicted molar refractivity (Wildman–Crippen MR) is 124 cm³/mol. The number of nitro groups is 1. The van der Waals surface area contributed by atoms with Gasteiger partial charge in [0.05, 0.1) is 11.5 Å². The second-order valence-corrected chi connectivity index (χ2v) is 7.90. The monoisotopic (exact) mass is 459 g/mol.